The third-order valence-corrected chi connectivity index (χ3v) is 4.78. The highest BCUT2D eigenvalue weighted by Crippen LogP contribution is 2.35. The number of hydrogen-bond acceptors (Lipinski definition) is 2. The zero-order valence-corrected chi connectivity index (χ0v) is 17.5. The van der Waals surface area contributed by atoms with Gasteiger partial charge >= 0.3 is 7.82 Å². The molecule has 0 bridgehead atoms. The lowest BCUT2D eigenvalue weighted by Crippen LogP contribution is -1.92. The fourth-order valence-electron chi connectivity index (χ4n) is 2.83. The molecule has 0 aliphatic rings. The van der Waals surface area contributed by atoms with Crippen LogP contribution in [0.5, 0.6) is 0 Å². The van der Waals surface area contributed by atoms with Gasteiger partial charge in [-0.3, -0.25) is 4.52 Å². The SMILES string of the molecule is C=C.CCCCCCCCCCCCCCCCCCOP(=O)(O)O. The maximum Gasteiger partial charge on any atom is 0.469 e. The fourth-order valence-corrected chi connectivity index (χ4v) is 3.20. The molecule has 2 N–H and O–H groups in total. The zero-order valence-electron chi connectivity index (χ0n) is 16.6. The van der Waals surface area contributed by atoms with Crippen molar-refractivity contribution in [3.05, 3.63) is 13.2 Å². The Labute approximate surface area is 156 Å². The Hall–Kier alpha value is -0.150. The van der Waals surface area contributed by atoms with Crippen molar-refractivity contribution in [1.82, 2.24) is 0 Å². The number of rotatable bonds is 18. The largest absolute Gasteiger partial charge is 0.469 e. The topological polar surface area (TPSA) is 66.8 Å². The predicted octanol–water partition coefficient (Wildman–Crippen LogP) is 7.16. The molecular formula is C20H43O4P. The van der Waals surface area contributed by atoms with Gasteiger partial charge in [0.25, 0.3) is 0 Å². The normalized spacial score (nSPS) is 11.2. The molecule has 0 amide bonds. The number of hydrogen-bond donors (Lipinski definition) is 2. The zero-order chi connectivity index (χ0) is 19.2. The van der Waals surface area contributed by atoms with E-state index in [9.17, 15) is 4.57 Å². The standard InChI is InChI=1S/C18H39O4P.C2H4/c1-2-3-4-5-6-7-8-9-10-11-12-13-14-15-16-17-18-22-23(19,20)21;1-2/h2-18H2,1H3,(H2,19,20,21);1-2H2. The molecule has 5 heteroatoms. The molecule has 0 aromatic heterocycles. The summed E-state index contributed by atoms with van der Waals surface area (Å²) in [5.41, 5.74) is 0. The molecule has 0 rings (SSSR count). The van der Waals surface area contributed by atoms with E-state index in [1.807, 2.05) is 0 Å². The Bertz CT molecular complexity index is 291. The molecule has 0 aliphatic heterocycles. The molecule has 0 aromatic carbocycles. The van der Waals surface area contributed by atoms with Crippen LogP contribution in [-0.4, -0.2) is 16.4 Å². The monoisotopic (exact) mass is 378 g/mol. The molecule has 0 aromatic rings. The van der Waals surface area contributed by atoms with E-state index < -0.39 is 7.82 Å². The van der Waals surface area contributed by atoms with Gasteiger partial charge < -0.3 is 9.79 Å². The summed E-state index contributed by atoms with van der Waals surface area (Å²) >= 11 is 0. The Balaban J connectivity index is 0. The first-order valence-electron chi connectivity index (χ1n) is 10.3. The van der Waals surface area contributed by atoms with Gasteiger partial charge in [-0.2, -0.15) is 0 Å². The molecule has 0 saturated heterocycles. The van der Waals surface area contributed by atoms with Gasteiger partial charge in [0.15, 0.2) is 0 Å². The molecule has 0 aliphatic carbocycles. The van der Waals surface area contributed by atoms with E-state index in [2.05, 4.69) is 24.6 Å². The van der Waals surface area contributed by atoms with Gasteiger partial charge in [0.2, 0.25) is 0 Å². The molecule has 0 unspecified atom stereocenters. The van der Waals surface area contributed by atoms with E-state index in [0.29, 0.717) is 0 Å². The Kier molecular flexibility index (Phi) is 23.7. The predicted molar refractivity (Wildman–Crippen MR) is 109 cm³/mol. The number of unbranched alkanes of at least 4 members (excludes halogenated alkanes) is 15. The van der Waals surface area contributed by atoms with Crippen LogP contribution in [0.3, 0.4) is 0 Å². The van der Waals surface area contributed by atoms with Crippen LogP contribution in [0, 0.1) is 0 Å². The van der Waals surface area contributed by atoms with Crippen LogP contribution < -0.4 is 0 Å². The molecule has 25 heavy (non-hydrogen) atoms. The van der Waals surface area contributed by atoms with Crippen molar-refractivity contribution in [2.75, 3.05) is 6.61 Å². The average molecular weight is 379 g/mol. The van der Waals surface area contributed by atoms with Crippen LogP contribution in [0.1, 0.15) is 110 Å². The lowest BCUT2D eigenvalue weighted by Gasteiger charge is -2.05. The second-order valence-electron chi connectivity index (χ2n) is 6.63. The minimum Gasteiger partial charge on any atom is -0.303 e. The molecule has 4 nitrogen and oxygen atoms in total. The summed E-state index contributed by atoms with van der Waals surface area (Å²) in [4.78, 5) is 17.1. The maximum atomic E-state index is 10.5. The summed E-state index contributed by atoms with van der Waals surface area (Å²) in [6.45, 7) is 8.43. The number of phosphoric ester groups is 1. The van der Waals surface area contributed by atoms with Gasteiger partial charge in [0.05, 0.1) is 6.61 Å². The van der Waals surface area contributed by atoms with Crippen LogP contribution >= 0.6 is 7.82 Å². The summed E-state index contributed by atoms with van der Waals surface area (Å²) in [6.07, 6.45) is 20.7. The summed E-state index contributed by atoms with van der Waals surface area (Å²) < 4.78 is 14.9. The van der Waals surface area contributed by atoms with Gasteiger partial charge in [-0.05, 0) is 6.42 Å². The summed E-state index contributed by atoms with van der Waals surface area (Å²) in [7, 11) is -4.26. The van der Waals surface area contributed by atoms with E-state index in [4.69, 9.17) is 9.79 Å². The van der Waals surface area contributed by atoms with Gasteiger partial charge in [0.1, 0.15) is 0 Å². The third kappa shape index (κ3) is 28.9. The van der Waals surface area contributed by atoms with Gasteiger partial charge in [-0.1, -0.05) is 103 Å². The first kappa shape index (κ1) is 27.1. The van der Waals surface area contributed by atoms with E-state index in [0.717, 1.165) is 19.3 Å². The second-order valence-corrected chi connectivity index (χ2v) is 7.87. The van der Waals surface area contributed by atoms with E-state index in [1.165, 1.54) is 83.5 Å². The summed E-state index contributed by atoms with van der Waals surface area (Å²) in [6, 6.07) is 0. The third-order valence-electron chi connectivity index (χ3n) is 4.26. The van der Waals surface area contributed by atoms with Crippen molar-refractivity contribution in [3.63, 3.8) is 0 Å². The van der Waals surface area contributed by atoms with Crippen LogP contribution in [0.15, 0.2) is 13.2 Å². The van der Waals surface area contributed by atoms with E-state index in [-0.39, 0.29) is 6.61 Å². The molecule has 0 atom stereocenters. The Morgan fingerprint density at radius 3 is 1.20 bits per heavy atom. The van der Waals surface area contributed by atoms with Crippen molar-refractivity contribution in [1.29, 1.82) is 0 Å². The smallest absolute Gasteiger partial charge is 0.303 e. The van der Waals surface area contributed by atoms with Crippen molar-refractivity contribution < 1.29 is 18.9 Å². The van der Waals surface area contributed by atoms with Crippen molar-refractivity contribution in [3.8, 4) is 0 Å². The lowest BCUT2D eigenvalue weighted by molar-refractivity contribution is 0.193. The molecule has 0 fully saturated rings. The van der Waals surface area contributed by atoms with Crippen LogP contribution in [0.2, 0.25) is 0 Å². The van der Waals surface area contributed by atoms with Crippen molar-refractivity contribution >= 4 is 7.82 Å². The highest BCUT2D eigenvalue weighted by atomic mass is 31.2. The molecule has 0 spiro atoms. The first-order chi connectivity index (χ1) is 12.1. The quantitative estimate of drug-likeness (QED) is 0.151. The molecular weight excluding hydrogens is 335 g/mol. The van der Waals surface area contributed by atoms with Crippen molar-refractivity contribution in [2.24, 2.45) is 0 Å². The summed E-state index contributed by atoms with van der Waals surface area (Å²) in [5, 5.41) is 0. The van der Waals surface area contributed by atoms with Gasteiger partial charge in [-0.15, -0.1) is 13.2 Å². The van der Waals surface area contributed by atoms with Crippen LogP contribution in [0.4, 0.5) is 0 Å². The lowest BCUT2D eigenvalue weighted by atomic mass is 10.0. The minimum absolute atomic E-state index is 0.169. The van der Waals surface area contributed by atoms with E-state index in [1.54, 1.807) is 0 Å². The average Bonchev–Trinajstić information content (AvgIpc) is 2.58. The van der Waals surface area contributed by atoms with E-state index >= 15 is 0 Å². The summed E-state index contributed by atoms with van der Waals surface area (Å²) in [5.74, 6) is 0. The van der Waals surface area contributed by atoms with Gasteiger partial charge in [-0.25, -0.2) is 4.57 Å². The molecule has 0 radical (unpaired) electrons. The van der Waals surface area contributed by atoms with Crippen LogP contribution in [-0.2, 0) is 9.09 Å². The van der Waals surface area contributed by atoms with Crippen molar-refractivity contribution in [2.45, 2.75) is 110 Å². The Morgan fingerprint density at radius 1 is 0.640 bits per heavy atom. The highest BCUT2D eigenvalue weighted by molar-refractivity contribution is 7.46. The van der Waals surface area contributed by atoms with Crippen LogP contribution in [0.25, 0.3) is 0 Å². The van der Waals surface area contributed by atoms with Gasteiger partial charge in [0, 0.05) is 0 Å². The molecule has 0 saturated carbocycles. The second kappa shape index (κ2) is 21.9. The Morgan fingerprint density at radius 2 is 0.920 bits per heavy atom. The molecule has 152 valence electrons. The first-order valence-corrected chi connectivity index (χ1v) is 11.8. The fraction of sp³-hybridized carbons (Fsp3) is 0.900. The minimum atomic E-state index is -4.26. The number of phosphoric acid groups is 1. The molecule has 0 heterocycles. The highest BCUT2D eigenvalue weighted by Gasteiger charge is 2.12. The maximum absolute atomic E-state index is 10.5.